The van der Waals surface area contributed by atoms with Gasteiger partial charge in [0.15, 0.2) is 0 Å². The van der Waals surface area contributed by atoms with Gasteiger partial charge in [-0.2, -0.15) is 0 Å². The number of hydrogen-bond donors (Lipinski definition) is 2. The van der Waals surface area contributed by atoms with Gasteiger partial charge in [-0.15, -0.1) is 11.3 Å². The highest BCUT2D eigenvalue weighted by molar-refractivity contribution is 7.89. The number of aliphatic hydroxyl groups is 1. The fourth-order valence-electron chi connectivity index (χ4n) is 2.14. The minimum Gasteiger partial charge on any atom is -0.386 e. The van der Waals surface area contributed by atoms with E-state index >= 15 is 0 Å². The van der Waals surface area contributed by atoms with Gasteiger partial charge in [-0.05, 0) is 29.7 Å². The number of hydrogen-bond acceptors (Lipinski definition) is 4. The number of nitrogens with one attached hydrogen (secondary N) is 1. The molecule has 0 aliphatic heterocycles. The molecular weight excluding hydrogens is 318 g/mol. The van der Waals surface area contributed by atoms with Crippen LogP contribution in [0.1, 0.15) is 11.0 Å². The third kappa shape index (κ3) is 3.20. The molecule has 0 saturated heterocycles. The van der Waals surface area contributed by atoms with Crippen LogP contribution in [-0.4, -0.2) is 20.1 Å². The highest BCUT2D eigenvalue weighted by Gasteiger charge is 2.17. The van der Waals surface area contributed by atoms with Crippen LogP contribution in [0.3, 0.4) is 0 Å². The largest absolute Gasteiger partial charge is 0.386 e. The molecule has 0 radical (unpaired) electrons. The summed E-state index contributed by atoms with van der Waals surface area (Å²) in [4.78, 5) is 0.940. The second kappa shape index (κ2) is 6.18. The molecule has 0 bridgehead atoms. The van der Waals surface area contributed by atoms with Crippen molar-refractivity contribution in [3.63, 3.8) is 0 Å². The third-order valence-corrected chi connectivity index (χ3v) is 5.95. The Hall–Kier alpha value is -1.73. The van der Waals surface area contributed by atoms with Gasteiger partial charge in [0, 0.05) is 16.1 Å². The predicted octanol–water partition coefficient (Wildman–Crippen LogP) is 2.91. The topological polar surface area (TPSA) is 66.4 Å². The lowest BCUT2D eigenvalue weighted by molar-refractivity contribution is 0.186. The summed E-state index contributed by atoms with van der Waals surface area (Å²) in [6, 6.07) is 17.8. The lowest BCUT2D eigenvalue weighted by Gasteiger charge is -2.10. The van der Waals surface area contributed by atoms with Crippen molar-refractivity contribution in [3.05, 3.63) is 65.5 Å². The first kappa shape index (κ1) is 15.2. The summed E-state index contributed by atoms with van der Waals surface area (Å²) in [7, 11) is -3.60. The van der Waals surface area contributed by atoms with E-state index in [0.717, 1.165) is 15.0 Å². The van der Waals surface area contributed by atoms with Crippen LogP contribution < -0.4 is 4.72 Å². The van der Waals surface area contributed by atoms with Crippen LogP contribution in [0.25, 0.3) is 10.1 Å². The molecule has 1 unspecified atom stereocenters. The minimum atomic E-state index is -3.60. The van der Waals surface area contributed by atoms with Gasteiger partial charge in [0.1, 0.15) is 6.10 Å². The molecule has 22 heavy (non-hydrogen) atoms. The molecule has 0 amide bonds. The van der Waals surface area contributed by atoms with Crippen LogP contribution in [0.2, 0.25) is 0 Å². The molecule has 0 aliphatic carbocycles. The Labute approximate surface area is 133 Å². The summed E-state index contributed by atoms with van der Waals surface area (Å²) in [5, 5.41) is 11.3. The van der Waals surface area contributed by atoms with Crippen LogP contribution in [0, 0.1) is 0 Å². The maximum Gasteiger partial charge on any atom is 0.240 e. The molecule has 0 spiro atoms. The maximum atomic E-state index is 12.1. The van der Waals surface area contributed by atoms with Crippen molar-refractivity contribution in [1.82, 2.24) is 4.72 Å². The Bertz CT molecular complexity index is 840. The number of thiophene rings is 1. The Morgan fingerprint density at radius 3 is 2.45 bits per heavy atom. The van der Waals surface area contributed by atoms with E-state index in [-0.39, 0.29) is 11.4 Å². The highest BCUT2D eigenvalue weighted by Crippen LogP contribution is 2.29. The molecule has 0 saturated carbocycles. The summed E-state index contributed by atoms with van der Waals surface area (Å²) in [5.74, 6) is 0. The van der Waals surface area contributed by atoms with Gasteiger partial charge in [-0.25, -0.2) is 13.1 Å². The zero-order chi connectivity index (χ0) is 15.6. The van der Waals surface area contributed by atoms with Crippen LogP contribution in [0.15, 0.2) is 65.6 Å². The molecule has 1 atom stereocenters. The van der Waals surface area contributed by atoms with Crippen molar-refractivity contribution >= 4 is 31.4 Å². The number of rotatable bonds is 5. The second-order valence-electron chi connectivity index (χ2n) is 4.87. The quantitative estimate of drug-likeness (QED) is 0.754. The first-order chi connectivity index (χ1) is 10.6. The normalized spacial score (nSPS) is 13.3. The minimum absolute atomic E-state index is 0.0515. The van der Waals surface area contributed by atoms with Gasteiger partial charge in [-0.1, -0.05) is 36.4 Å². The molecule has 114 valence electrons. The zero-order valence-corrected chi connectivity index (χ0v) is 13.3. The molecule has 3 aromatic rings. The van der Waals surface area contributed by atoms with Crippen molar-refractivity contribution < 1.29 is 13.5 Å². The summed E-state index contributed by atoms with van der Waals surface area (Å²) in [6.45, 7) is -0.0515. The van der Waals surface area contributed by atoms with E-state index in [1.807, 2.05) is 30.3 Å². The lowest BCUT2D eigenvalue weighted by Crippen LogP contribution is -2.28. The standard InChI is InChI=1S/C16H15NO3S2/c18-14(16-10-12-6-4-5-9-15(12)21-16)11-17-22(19,20)13-7-2-1-3-8-13/h1-10,14,17-18H,11H2. The first-order valence-electron chi connectivity index (χ1n) is 6.77. The van der Waals surface area contributed by atoms with Crippen LogP contribution in [0.4, 0.5) is 0 Å². The van der Waals surface area contributed by atoms with E-state index in [9.17, 15) is 13.5 Å². The van der Waals surface area contributed by atoms with E-state index in [2.05, 4.69) is 4.72 Å². The van der Waals surface area contributed by atoms with Gasteiger partial charge in [0.05, 0.1) is 4.90 Å². The first-order valence-corrected chi connectivity index (χ1v) is 9.07. The summed E-state index contributed by atoms with van der Waals surface area (Å²) in [5.41, 5.74) is 0. The van der Waals surface area contributed by atoms with Crippen molar-refractivity contribution in [2.45, 2.75) is 11.0 Å². The molecule has 1 aromatic heterocycles. The van der Waals surface area contributed by atoms with E-state index < -0.39 is 16.1 Å². The number of aliphatic hydroxyl groups excluding tert-OH is 1. The highest BCUT2D eigenvalue weighted by atomic mass is 32.2. The Balaban J connectivity index is 1.73. The Morgan fingerprint density at radius 2 is 1.73 bits per heavy atom. The monoisotopic (exact) mass is 333 g/mol. The molecule has 0 aliphatic rings. The van der Waals surface area contributed by atoms with Gasteiger partial charge in [0.2, 0.25) is 10.0 Å². The number of sulfonamides is 1. The van der Waals surface area contributed by atoms with Gasteiger partial charge < -0.3 is 5.11 Å². The van der Waals surface area contributed by atoms with E-state index in [0.29, 0.717) is 0 Å². The van der Waals surface area contributed by atoms with Crippen LogP contribution in [0.5, 0.6) is 0 Å². The average Bonchev–Trinajstić information content (AvgIpc) is 2.98. The molecule has 2 N–H and O–H groups in total. The molecular formula is C16H15NO3S2. The van der Waals surface area contributed by atoms with Crippen LogP contribution >= 0.6 is 11.3 Å². The lowest BCUT2D eigenvalue weighted by atomic mass is 10.2. The number of fused-ring (bicyclic) bond motifs is 1. The Kier molecular flexibility index (Phi) is 4.26. The summed E-state index contributed by atoms with van der Waals surface area (Å²) in [6.07, 6.45) is -0.865. The maximum absolute atomic E-state index is 12.1. The van der Waals surface area contributed by atoms with Crippen LogP contribution in [-0.2, 0) is 10.0 Å². The molecule has 3 rings (SSSR count). The van der Waals surface area contributed by atoms with Crippen molar-refractivity contribution in [2.75, 3.05) is 6.54 Å². The third-order valence-electron chi connectivity index (χ3n) is 3.29. The van der Waals surface area contributed by atoms with Crippen molar-refractivity contribution in [2.24, 2.45) is 0 Å². The van der Waals surface area contributed by atoms with Gasteiger partial charge >= 0.3 is 0 Å². The smallest absolute Gasteiger partial charge is 0.240 e. The van der Waals surface area contributed by atoms with Crippen molar-refractivity contribution in [1.29, 1.82) is 0 Å². The van der Waals surface area contributed by atoms with Crippen molar-refractivity contribution in [3.8, 4) is 0 Å². The van der Waals surface area contributed by atoms with Gasteiger partial charge in [-0.3, -0.25) is 0 Å². The Morgan fingerprint density at radius 1 is 1.05 bits per heavy atom. The average molecular weight is 333 g/mol. The zero-order valence-electron chi connectivity index (χ0n) is 11.6. The molecule has 1 heterocycles. The fraction of sp³-hybridized carbons (Fsp3) is 0.125. The summed E-state index contributed by atoms with van der Waals surface area (Å²) >= 11 is 1.47. The number of benzene rings is 2. The van der Waals surface area contributed by atoms with E-state index in [1.54, 1.807) is 18.2 Å². The fourth-order valence-corrected chi connectivity index (χ4v) is 4.25. The second-order valence-corrected chi connectivity index (χ2v) is 7.75. The predicted molar refractivity (Wildman–Crippen MR) is 88.4 cm³/mol. The SMILES string of the molecule is O=S(=O)(NCC(O)c1cc2ccccc2s1)c1ccccc1. The molecule has 4 nitrogen and oxygen atoms in total. The van der Waals surface area contributed by atoms with E-state index in [4.69, 9.17) is 0 Å². The summed E-state index contributed by atoms with van der Waals surface area (Å²) < 4.78 is 27.8. The van der Waals surface area contributed by atoms with Gasteiger partial charge in [0.25, 0.3) is 0 Å². The molecule has 0 fully saturated rings. The molecule has 2 aromatic carbocycles. The van der Waals surface area contributed by atoms with E-state index in [1.165, 1.54) is 23.5 Å². The molecule has 6 heteroatoms.